The molecule has 0 N–H and O–H groups in total. The number of carbonyl (C=O) groups is 1. The highest BCUT2D eigenvalue weighted by Gasteiger charge is 2.49. The highest BCUT2D eigenvalue weighted by atomic mass is 127. The van der Waals surface area contributed by atoms with E-state index < -0.39 is 0 Å². The van der Waals surface area contributed by atoms with Crippen LogP contribution in [0.25, 0.3) is 0 Å². The minimum Gasteiger partial charge on any atom is -0.469 e. The fourth-order valence-electron chi connectivity index (χ4n) is 4.11. The largest absolute Gasteiger partial charge is 0.469 e. The first-order valence-electron chi connectivity index (χ1n) is 7.58. The number of rotatable bonds is 2. The van der Waals surface area contributed by atoms with Crippen molar-refractivity contribution in [3.63, 3.8) is 0 Å². The van der Waals surface area contributed by atoms with Crippen LogP contribution < -0.4 is 0 Å². The monoisotopic (exact) mass is 415 g/mol. The lowest BCUT2D eigenvalue weighted by Gasteiger charge is -2.41. The first-order chi connectivity index (χ1) is 10.0. The van der Waals surface area contributed by atoms with E-state index in [1.54, 1.807) is 0 Å². The highest BCUT2D eigenvalue weighted by Crippen LogP contribution is 2.46. The van der Waals surface area contributed by atoms with Crippen LogP contribution in [0.1, 0.15) is 43.7 Å². The first kappa shape index (κ1) is 17.7. The van der Waals surface area contributed by atoms with Crippen molar-refractivity contribution in [3.05, 3.63) is 32.9 Å². The summed E-state index contributed by atoms with van der Waals surface area (Å²) in [4.78, 5) is 14.8. The summed E-state index contributed by atoms with van der Waals surface area (Å²) in [6, 6.07) is 7.57. The first-order valence-corrected chi connectivity index (χ1v) is 8.66. The third-order valence-corrected chi connectivity index (χ3v) is 6.53. The van der Waals surface area contributed by atoms with E-state index >= 15 is 0 Å². The SMILES string of the molecule is C.COC(=O)C1C2CC[C@H](C[C@@H]1c1ccc(C)c(I)c1)N2C. The second-order valence-corrected chi connectivity index (χ2v) is 7.53. The van der Waals surface area contributed by atoms with E-state index in [0.29, 0.717) is 18.0 Å². The molecule has 0 aliphatic carbocycles. The molecule has 2 aliphatic rings. The van der Waals surface area contributed by atoms with Crippen molar-refractivity contribution < 1.29 is 9.53 Å². The molecule has 122 valence electrons. The molecular weight excluding hydrogens is 389 g/mol. The minimum atomic E-state index is -0.0483. The van der Waals surface area contributed by atoms with E-state index in [2.05, 4.69) is 59.7 Å². The molecule has 2 fully saturated rings. The van der Waals surface area contributed by atoms with Gasteiger partial charge in [-0.05, 0) is 73.0 Å². The van der Waals surface area contributed by atoms with Gasteiger partial charge in [-0.1, -0.05) is 19.6 Å². The molecule has 3 nitrogen and oxygen atoms in total. The molecule has 2 bridgehead atoms. The zero-order valence-electron chi connectivity index (χ0n) is 12.8. The van der Waals surface area contributed by atoms with Crippen molar-refractivity contribution in [2.75, 3.05) is 14.2 Å². The number of nitrogens with zero attached hydrogens (tertiary/aromatic N) is 1. The van der Waals surface area contributed by atoms with E-state index in [4.69, 9.17) is 4.74 Å². The van der Waals surface area contributed by atoms with Gasteiger partial charge in [0.2, 0.25) is 0 Å². The number of carbonyl (C=O) groups excluding carboxylic acids is 1. The molecule has 2 heterocycles. The Balaban J connectivity index is 0.00000176. The summed E-state index contributed by atoms with van der Waals surface area (Å²) in [5.41, 5.74) is 2.59. The van der Waals surface area contributed by atoms with Crippen LogP contribution in [-0.2, 0) is 9.53 Å². The molecule has 2 unspecified atom stereocenters. The molecule has 0 radical (unpaired) electrons. The van der Waals surface area contributed by atoms with Crippen LogP contribution in [-0.4, -0.2) is 37.1 Å². The van der Waals surface area contributed by atoms with Gasteiger partial charge in [0.15, 0.2) is 0 Å². The predicted molar refractivity (Wildman–Crippen MR) is 98.1 cm³/mol. The fourth-order valence-corrected chi connectivity index (χ4v) is 4.65. The molecule has 4 atom stereocenters. The summed E-state index contributed by atoms with van der Waals surface area (Å²) in [6.07, 6.45) is 3.38. The van der Waals surface area contributed by atoms with Gasteiger partial charge in [-0.3, -0.25) is 9.69 Å². The molecule has 1 aromatic rings. The Bertz CT molecular complexity index is 560. The number of aryl methyl sites for hydroxylation is 1. The second-order valence-electron chi connectivity index (χ2n) is 6.36. The molecule has 2 aliphatic heterocycles. The summed E-state index contributed by atoms with van der Waals surface area (Å²) in [5.74, 6) is 0.213. The summed E-state index contributed by atoms with van der Waals surface area (Å²) in [6.45, 7) is 2.13. The van der Waals surface area contributed by atoms with Crippen molar-refractivity contribution in [2.24, 2.45) is 5.92 Å². The van der Waals surface area contributed by atoms with Crippen LogP contribution in [0, 0.1) is 16.4 Å². The predicted octanol–water partition coefficient (Wildman–Crippen LogP) is 3.98. The number of fused-ring (bicyclic) bond motifs is 2. The number of piperidine rings is 1. The average molecular weight is 415 g/mol. The maximum Gasteiger partial charge on any atom is 0.310 e. The lowest BCUT2D eigenvalue weighted by atomic mass is 9.76. The van der Waals surface area contributed by atoms with Gasteiger partial charge in [0.05, 0.1) is 13.0 Å². The summed E-state index contributed by atoms with van der Waals surface area (Å²) >= 11 is 2.38. The molecule has 22 heavy (non-hydrogen) atoms. The Hall–Kier alpha value is -0.620. The number of benzene rings is 1. The third-order valence-electron chi connectivity index (χ3n) is 5.37. The summed E-state index contributed by atoms with van der Waals surface area (Å²) in [5, 5.41) is 0. The molecule has 3 rings (SSSR count). The van der Waals surface area contributed by atoms with Crippen molar-refractivity contribution in [1.29, 1.82) is 0 Å². The molecule has 2 saturated heterocycles. The Labute approximate surface area is 147 Å². The number of halogens is 1. The molecule has 0 saturated carbocycles. The molecular formula is C18H26INO2. The maximum atomic E-state index is 12.4. The van der Waals surface area contributed by atoms with Crippen LogP contribution in [0.15, 0.2) is 18.2 Å². The highest BCUT2D eigenvalue weighted by molar-refractivity contribution is 14.1. The van der Waals surface area contributed by atoms with Crippen LogP contribution in [0.3, 0.4) is 0 Å². The summed E-state index contributed by atoms with van der Waals surface area (Å²) < 4.78 is 6.40. The zero-order chi connectivity index (χ0) is 15.1. The van der Waals surface area contributed by atoms with Crippen molar-refractivity contribution in [1.82, 2.24) is 4.90 Å². The second kappa shape index (κ2) is 6.87. The Kier molecular flexibility index (Phi) is 5.54. The standard InChI is InChI=1S/C17H22INO2.CH4/c1-10-4-5-11(8-14(10)18)13-9-12-6-7-15(19(12)2)16(13)17(20)21-3;/h4-5,8,12-13,15-16H,6-7,9H2,1-3H3;1H4/t12-,13-,15?,16?;/m1./s1. The normalized spacial score (nSPS) is 30.7. The maximum absolute atomic E-state index is 12.4. The van der Waals surface area contributed by atoms with Crippen LogP contribution in [0.5, 0.6) is 0 Å². The zero-order valence-corrected chi connectivity index (χ0v) is 15.0. The van der Waals surface area contributed by atoms with E-state index in [1.165, 1.54) is 28.2 Å². The lowest BCUT2D eigenvalue weighted by Crippen LogP contribution is -2.49. The van der Waals surface area contributed by atoms with Crippen LogP contribution in [0.2, 0.25) is 0 Å². The Morgan fingerprint density at radius 2 is 2.09 bits per heavy atom. The van der Waals surface area contributed by atoms with E-state index in [1.807, 2.05) is 0 Å². The molecule has 0 aromatic heterocycles. The van der Waals surface area contributed by atoms with Gasteiger partial charge in [-0.15, -0.1) is 0 Å². The Morgan fingerprint density at radius 1 is 1.36 bits per heavy atom. The van der Waals surface area contributed by atoms with Crippen molar-refractivity contribution in [3.8, 4) is 0 Å². The van der Waals surface area contributed by atoms with Crippen LogP contribution in [0.4, 0.5) is 0 Å². The van der Waals surface area contributed by atoms with Gasteiger partial charge in [0, 0.05) is 21.6 Å². The van der Waals surface area contributed by atoms with Gasteiger partial charge in [0.25, 0.3) is 0 Å². The molecule has 0 spiro atoms. The molecule has 4 heteroatoms. The smallest absolute Gasteiger partial charge is 0.310 e. The van der Waals surface area contributed by atoms with Gasteiger partial charge >= 0.3 is 5.97 Å². The number of hydrogen-bond donors (Lipinski definition) is 0. The summed E-state index contributed by atoms with van der Waals surface area (Å²) in [7, 11) is 3.67. The third kappa shape index (κ3) is 2.92. The van der Waals surface area contributed by atoms with E-state index in [9.17, 15) is 4.79 Å². The molecule has 1 aromatic carbocycles. The lowest BCUT2D eigenvalue weighted by molar-refractivity contribution is -0.150. The number of ether oxygens (including phenoxy) is 1. The van der Waals surface area contributed by atoms with Crippen LogP contribution >= 0.6 is 22.6 Å². The number of esters is 1. The minimum absolute atomic E-state index is 0. The van der Waals surface area contributed by atoms with E-state index in [0.717, 1.165) is 12.8 Å². The van der Waals surface area contributed by atoms with Gasteiger partial charge in [-0.25, -0.2) is 0 Å². The van der Waals surface area contributed by atoms with Crippen molar-refractivity contribution in [2.45, 2.75) is 51.6 Å². The van der Waals surface area contributed by atoms with Gasteiger partial charge in [0.1, 0.15) is 0 Å². The Morgan fingerprint density at radius 3 is 2.73 bits per heavy atom. The molecule has 0 amide bonds. The average Bonchev–Trinajstić information content (AvgIpc) is 2.72. The topological polar surface area (TPSA) is 29.5 Å². The van der Waals surface area contributed by atoms with E-state index in [-0.39, 0.29) is 19.3 Å². The number of hydrogen-bond acceptors (Lipinski definition) is 3. The van der Waals surface area contributed by atoms with Gasteiger partial charge < -0.3 is 4.74 Å². The quantitative estimate of drug-likeness (QED) is 0.541. The number of methoxy groups -OCH3 is 1. The van der Waals surface area contributed by atoms with Gasteiger partial charge in [-0.2, -0.15) is 0 Å². The van der Waals surface area contributed by atoms with Crippen molar-refractivity contribution >= 4 is 28.6 Å². The fraction of sp³-hybridized carbons (Fsp3) is 0.611.